The second kappa shape index (κ2) is 7.00. The molecule has 7 nitrogen and oxygen atoms in total. The smallest absolute Gasteiger partial charge is 0.324 e. The Kier molecular flexibility index (Phi) is 4.80. The summed E-state index contributed by atoms with van der Waals surface area (Å²) in [5.41, 5.74) is 7.11. The second-order valence-electron chi connectivity index (χ2n) is 6.34. The number of urea groups is 1. The highest BCUT2D eigenvalue weighted by molar-refractivity contribution is 6.01. The lowest BCUT2D eigenvalue weighted by molar-refractivity contribution is -0.125. The van der Waals surface area contributed by atoms with E-state index in [-0.39, 0.29) is 37.0 Å². The van der Waals surface area contributed by atoms with Crippen LogP contribution >= 0.6 is 0 Å². The van der Waals surface area contributed by atoms with Crippen molar-refractivity contribution < 1.29 is 14.4 Å². The molecular weight excluding hydrogens is 308 g/mol. The van der Waals surface area contributed by atoms with Gasteiger partial charge in [0.2, 0.25) is 5.91 Å². The molecule has 7 heteroatoms. The average molecular weight is 330 g/mol. The van der Waals surface area contributed by atoms with Crippen LogP contribution in [0.5, 0.6) is 0 Å². The van der Waals surface area contributed by atoms with Gasteiger partial charge < -0.3 is 16.4 Å². The van der Waals surface area contributed by atoms with Gasteiger partial charge in [-0.3, -0.25) is 14.5 Å². The lowest BCUT2D eigenvalue weighted by atomic mass is 10.0. The van der Waals surface area contributed by atoms with E-state index in [1.807, 2.05) is 0 Å². The monoisotopic (exact) mass is 330 g/mol. The molecule has 4 N–H and O–H groups in total. The van der Waals surface area contributed by atoms with E-state index in [1.165, 1.54) is 4.90 Å². The fourth-order valence-electron chi connectivity index (χ4n) is 3.32. The van der Waals surface area contributed by atoms with Gasteiger partial charge in [-0.1, -0.05) is 18.6 Å². The molecule has 1 saturated carbocycles. The Morgan fingerprint density at radius 3 is 2.62 bits per heavy atom. The highest BCUT2D eigenvalue weighted by atomic mass is 16.2. The Hall–Kier alpha value is -2.41. The van der Waals surface area contributed by atoms with Crippen molar-refractivity contribution in [2.24, 2.45) is 11.7 Å². The minimum Gasteiger partial charge on any atom is -0.349 e. The molecule has 0 radical (unpaired) electrons. The number of nitrogens with zero attached hydrogens (tertiary/aromatic N) is 1. The van der Waals surface area contributed by atoms with Gasteiger partial charge in [-0.15, -0.1) is 0 Å². The maximum absolute atomic E-state index is 12.3. The first-order chi connectivity index (χ1) is 11.6. The molecule has 3 rings (SSSR count). The third-order valence-electron chi connectivity index (χ3n) is 4.77. The molecular formula is C17H22N4O3. The molecule has 2 aliphatic rings. The van der Waals surface area contributed by atoms with Gasteiger partial charge in [0.25, 0.3) is 5.91 Å². The fraction of sp³-hybridized carbons (Fsp3) is 0.471. The molecule has 1 saturated heterocycles. The molecule has 1 heterocycles. The van der Waals surface area contributed by atoms with E-state index in [1.54, 1.807) is 24.3 Å². The molecule has 2 atom stereocenters. The molecule has 128 valence electrons. The van der Waals surface area contributed by atoms with Gasteiger partial charge in [-0.05, 0) is 43.0 Å². The maximum Gasteiger partial charge on any atom is 0.324 e. The second-order valence-corrected chi connectivity index (χ2v) is 6.34. The average Bonchev–Trinajstić information content (AvgIpc) is 3.16. The first-order valence-electron chi connectivity index (χ1n) is 8.26. The Morgan fingerprint density at radius 2 is 2.00 bits per heavy atom. The third-order valence-corrected chi connectivity index (χ3v) is 4.77. The summed E-state index contributed by atoms with van der Waals surface area (Å²) in [7, 11) is 0. The number of hydrogen-bond donors (Lipinski definition) is 3. The summed E-state index contributed by atoms with van der Waals surface area (Å²) in [6, 6.07) is 6.74. The summed E-state index contributed by atoms with van der Waals surface area (Å²) in [5.74, 6) is 0.00526. The number of carbonyl (C=O) groups excluding carboxylic acids is 3. The summed E-state index contributed by atoms with van der Waals surface area (Å²) in [6.45, 7) is 0.850. The van der Waals surface area contributed by atoms with Crippen molar-refractivity contribution in [3.8, 4) is 0 Å². The Bertz CT molecular complexity index is 628. The Labute approximate surface area is 140 Å². The standard InChI is InChI=1S/C17H22N4O3/c18-8-13-2-1-3-14(13)20-16(23)12-6-4-11(5-7-12)10-21-15(22)9-19-17(21)24/h4-7,13-14H,1-3,8-10,18H2,(H,19,24)(H,20,23). The molecule has 0 aromatic heterocycles. The molecule has 4 amide bonds. The molecule has 1 aromatic rings. The van der Waals surface area contributed by atoms with Crippen LogP contribution in [0.4, 0.5) is 4.79 Å². The zero-order valence-electron chi connectivity index (χ0n) is 13.5. The quantitative estimate of drug-likeness (QED) is 0.687. The van der Waals surface area contributed by atoms with Crippen molar-refractivity contribution in [3.63, 3.8) is 0 Å². The first-order valence-corrected chi connectivity index (χ1v) is 8.26. The van der Waals surface area contributed by atoms with Crippen molar-refractivity contribution in [1.82, 2.24) is 15.5 Å². The van der Waals surface area contributed by atoms with E-state index in [0.717, 1.165) is 24.8 Å². The van der Waals surface area contributed by atoms with Crippen molar-refractivity contribution >= 4 is 17.8 Å². The molecule has 1 aliphatic carbocycles. The molecule has 0 spiro atoms. The Balaban J connectivity index is 1.60. The number of benzene rings is 1. The third kappa shape index (κ3) is 3.41. The van der Waals surface area contributed by atoms with Crippen LogP contribution in [0.2, 0.25) is 0 Å². The van der Waals surface area contributed by atoms with Crippen molar-refractivity contribution in [1.29, 1.82) is 0 Å². The summed E-state index contributed by atoms with van der Waals surface area (Å²) >= 11 is 0. The fourth-order valence-corrected chi connectivity index (χ4v) is 3.32. The number of rotatable bonds is 5. The molecule has 24 heavy (non-hydrogen) atoms. The molecule has 2 fully saturated rings. The molecule has 1 aliphatic heterocycles. The van der Waals surface area contributed by atoms with Gasteiger partial charge in [0.15, 0.2) is 0 Å². The summed E-state index contributed by atoms with van der Waals surface area (Å²) in [5, 5.41) is 5.54. The predicted molar refractivity (Wildman–Crippen MR) is 88.0 cm³/mol. The lowest BCUT2D eigenvalue weighted by Crippen LogP contribution is -2.39. The van der Waals surface area contributed by atoms with E-state index < -0.39 is 0 Å². The highest BCUT2D eigenvalue weighted by Crippen LogP contribution is 2.24. The van der Waals surface area contributed by atoms with Crippen molar-refractivity contribution in [2.45, 2.75) is 31.8 Å². The van der Waals surface area contributed by atoms with Crippen LogP contribution in [0.15, 0.2) is 24.3 Å². The summed E-state index contributed by atoms with van der Waals surface area (Å²) in [4.78, 5) is 36.6. The largest absolute Gasteiger partial charge is 0.349 e. The van der Waals surface area contributed by atoms with Gasteiger partial charge in [0.1, 0.15) is 0 Å². The number of carbonyl (C=O) groups is 3. The topological polar surface area (TPSA) is 105 Å². The molecule has 0 bridgehead atoms. The normalized spacial score (nSPS) is 23.5. The molecule has 1 aromatic carbocycles. The van der Waals surface area contributed by atoms with E-state index in [0.29, 0.717) is 18.0 Å². The number of nitrogens with two attached hydrogens (primary N) is 1. The minimum absolute atomic E-state index is 0.0447. The van der Waals surface area contributed by atoms with Gasteiger partial charge in [0, 0.05) is 11.6 Å². The van der Waals surface area contributed by atoms with E-state index >= 15 is 0 Å². The van der Waals surface area contributed by atoms with E-state index in [9.17, 15) is 14.4 Å². The zero-order chi connectivity index (χ0) is 17.1. The first kappa shape index (κ1) is 16.4. The zero-order valence-corrected chi connectivity index (χ0v) is 13.5. The number of imide groups is 1. The lowest BCUT2D eigenvalue weighted by Gasteiger charge is -2.19. The van der Waals surface area contributed by atoms with Crippen molar-refractivity contribution in [3.05, 3.63) is 35.4 Å². The predicted octanol–water partition coefficient (Wildman–Crippen LogP) is 0.596. The van der Waals surface area contributed by atoms with Crippen LogP contribution in [0.1, 0.15) is 35.2 Å². The Morgan fingerprint density at radius 1 is 1.25 bits per heavy atom. The van der Waals surface area contributed by atoms with Gasteiger partial charge in [-0.2, -0.15) is 0 Å². The summed E-state index contributed by atoms with van der Waals surface area (Å²) < 4.78 is 0. The van der Waals surface area contributed by atoms with Crippen LogP contribution in [0.25, 0.3) is 0 Å². The van der Waals surface area contributed by atoms with Crippen molar-refractivity contribution in [2.75, 3.05) is 13.1 Å². The van der Waals surface area contributed by atoms with E-state index in [2.05, 4.69) is 10.6 Å². The minimum atomic E-state index is -0.379. The maximum atomic E-state index is 12.3. The van der Waals surface area contributed by atoms with Crippen LogP contribution in [0, 0.1) is 5.92 Å². The van der Waals surface area contributed by atoms with E-state index in [4.69, 9.17) is 5.73 Å². The van der Waals surface area contributed by atoms with Gasteiger partial charge in [-0.25, -0.2) is 4.79 Å². The van der Waals surface area contributed by atoms with Crippen LogP contribution in [-0.4, -0.2) is 41.9 Å². The van der Waals surface area contributed by atoms with Gasteiger partial charge in [0.05, 0.1) is 13.1 Å². The van der Waals surface area contributed by atoms with Crippen LogP contribution in [-0.2, 0) is 11.3 Å². The molecule has 2 unspecified atom stereocenters. The number of hydrogen-bond acceptors (Lipinski definition) is 4. The highest BCUT2D eigenvalue weighted by Gasteiger charge is 2.29. The van der Waals surface area contributed by atoms with Crippen LogP contribution in [0.3, 0.4) is 0 Å². The number of nitrogens with one attached hydrogen (secondary N) is 2. The van der Waals surface area contributed by atoms with Crippen LogP contribution < -0.4 is 16.4 Å². The number of amides is 4. The SMILES string of the molecule is NCC1CCCC1NC(=O)c1ccc(CN2C(=O)CNC2=O)cc1. The van der Waals surface area contributed by atoms with Gasteiger partial charge >= 0.3 is 6.03 Å². The summed E-state index contributed by atoms with van der Waals surface area (Å²) in [6.07, 6.45) is 3.13.